The monoisotopic (exact) mass is 312 g/mol. The molecule has 3 N–H and O–H groups in total. The largest absolute Gasteiger partial charge is 0.350 e. The molecule has 8 nitrogen and oxygen atoms in total. The van der Waals surface area contributed by atoms with Gasteiger partial charge in [0.05, 0.1) is 5.52 Å². The summed E-state index contributed by atoms with van der Waals surface area (Å²) in [6.45, 7) is 0.379. The molecule has 3 aromatic rings. The van der Waals surface area contributed by atoms with E-state index in [0.29, 0.717) is 30.4 Å². The first-order chi connectivity index (χ1) is 11.2. The summed E-state index contributed by atoms with van der Waals surface area (Å²) in [4.78, 5) is 30.5. The highest BCUT2D eigenvalue weighted by Gasteiger charge is 2.30. The summed E-state index contributed by atoms with van der Waals surface area (Å²) in [6, 6.07) is 5.74. The number of imidazole rings is 1. The van der Waals surface area contributed by atoms with Crippen molar-refractivity contribution in [1.29, 1.82) is 0 Å². The zero-order valence-electron chi connectivity index (χ0n) is 12.4. The number of fused-ring (bicyclic) bond motifs is 1. The summed E-state index contributed by atoms with van der Waals surface area (Å²) in [7, 11) is 0. The van der Waals surface area contributed by atoms with Crippen LogP contribution < -0.4 is 11.0 Å². The first-order valence-corrected chi connectivity index (χ1v) is 7.61. The van der Waals surface area contributed by atoms with Gasteiger partial charge in [-0.15, -0.1) is 0 Å². The smallest absolute Gasteiger partial charge is 0.340 e. The molecule has 4 rings (SSSR count). The van der Waals surface area contributed by atoms with Gasteiger partial charge >= 0.3 is 5.69 Å². The highest BCUT2D eigenvalue weighted by Crippen LogP contribution is 2.39. The number of hydrogen-bond acceptors (Lipinski definition) is 4. The van der Waals surface area contributed by atoms with E-state index < -0.39 is 0 Å². The Labute approximate surface area is 130 Å². The van der Waals surface area contributed by atoms with Gasteiger partial charge in [0, 0.05) is 25.1 Å². The maximum absolute atomic E-state index is 12.4. The average molecular weight is 312 g/mol. The van der Waals surface area contributed by atoms with E-state index in [1.807, 2.05) is 28.8 Å². The average Bonchev–Trinajstić information content (AvgIpc) is 3.20. The van der Waals surface area contributed by atoms with Crippen LogP contribution in [0.5, 0.6) is 0 Å². The van der Waals surface area contributed by atoms with Crippen molar-refractivity contribution in [3.8, 4) is 0 Å². The summed E-state index contributed by atoms with van der Waals surface area (Å²) in [5.74, 6) is 1.73. The zero-order chi connectivity index (χ0) is 15.8. The highest BCUT2D eigenvalue weighted by atomic mass is 16.2. The van der Waals surface area contributed by atoms with Crippen molar-refractivity contribution in [2.45, 2.75) is 25.2 Å². The molecule has 0 bridgehead atoms. The number of carbonyl (C=O) groups is 1. The maximum atomic E-state index is 12.4. The van der Waals surface area contributed by atoms with E-state index >= 15 is 0 Å². The van der Waals surface area contributed by atoms with Crippen molar-refractivity contribution < 1.29 is 4.79 Å². The Morgan fingerprint density at radius 1 is 1.39 bits per heavy atom. The lowest BCUT2D eigenvalue weighted by Crippen LogP contribution is -2.26. The molecule has 0 spiro atoms. The number of nitrogens with zero attached hydrogens (tertiary/aromatic N) is 3. The molecule has 1 saturated carbocycles. The fourth-order valence-corrected chi connectivity index (χ4v) is 2.66. The number of aromatic amines is 2. The summed E-state index contributed by atoms with van der Waals surface area (Å²) in [6.07, 6.45) is 4.65. The topological polar surface area (TPSA) is 108 Å². The summed E-state index contributed by atoms with van der Waals surface area (Å²) >= 11 is 0. The predicted octanol–water partition coefficient (Wildman–Crippen LogP) is 0.596. The van der Waals surface area contributed by atoms with Crippen LogP contribution in [-0.4, -0.2) is 37.0 Å². The van der Waals surface area contributed by atoms with Crippen LogP contribution in [0.4, 0.5) is 0 Å². The van der Waals surface area contributed by atoms with Gasteiger partial charge in [-0.3, -0.25) is 9.78 Å². The van der Waals surface area contributed by atoms with Crippen LogP contribution >= 0.6 is 0 Å². The molecule has 1 aliphatic carbocycles. The van der Waals surface area contributed by atoms with Crippen molar-refractivity contribution >= 4 is 11.4 Å². The van der Waals surface area contributed by atoms with E-state index in [2.05, 4.69) is 25.5 Å². The third kappa shape index (κ3) is 2.63. The lowest BCUT2D eigenvalue weighted by atomic mass is 10.3. The molecular weight excluding hydrogens is 296 g/mol. The maximum Gasteiger partial charge on any atom is 0.340 e. The normalized spacial score (nSPS) is 14.3. The Balaban J connectivity index is 1.51. The van der Waals surface area contributed by atoms with E-state index in [-0.39, 0.29) is 11.6 Å². The molecule has 1 fully saturated rings. The minimum atomic E-state index is -0.347. The van der Waals surface area contributed by atoms with Gasteiger partial charge in [-0.05, 0) is 25.0 Å². The molecule has 0 unspecified atom stereocenters. The molecule has 0 saturated heterocycles. The molecule has 0 aliphatic heterocycles. The fourth-order valence-electron chi connectivity index (χ4n) is 2.66. The molecule has 0 atom stereocenters. The number of nitrogens with one attached hydrogen (secondary N) is 3. The second-order valence-electron chi connectivity index (χ2n) is 5.68. The second-order valence-corrected chi connectivity index (χ2v) is 5.68. The van der Waals surface area contributed by atoms with E-state index in [0.717, 1.165) is 24.2 Å². The predicted molar refractivity (Wildman–Crippen MR) is 82.4 cm³/mol. The number of rotatable bonds is 5. The number of hydrogen-bond donors (Lipinski definition) is 3. The van der Waals surface area contributed by atoms with E-state index in [1.54, 1.807) is 0 Å². The first kappa shape index (κ1) is 13.7. The molecular formula is C15H16N6O2. The summed E-state index contributed by atoms with van der Waals surface area (Å²) in [5, 5.41) is 8.93. The minimum Gasteiger partial charge on any atom is -0.350 e. The molecule has 1 amide bonds. The third-order valence-electron chi connectivity index (χ3n) is 3.93. The first-order valence-electron chi connectivity index (χ1n) is 7.61. The van der Waals surface area contributed by atoms with Crippen LogP contribution in [-0.2, 0) is 6.42 Å². The third-order valence-corrected chi connectivity index (χ3v) is 3.93. The number of pyridine rings is 1. The van der Waals surface area contributed by atoms with Crippen molar-refractivity contribution in [3.63, 3.8) is 0 Å². The van der Waals surface area contributed by atoms with Gasteiger partial charge in [0.2, 0.25) is 0 Å². The van der Waals surface area contributed by atoms with Crippen LogP contribution in [0.15, 0.2) is 29.2 Å². The SMILES string of the molecule is O=C(NCCc1n[nH]c(=O)[nH]1)c1nc(C2CC2)n2ccccc12. The fraction of sp³-hybridized carbons (Fsp3) is 0.333. The van der Waals surface area contributed by atoms with Gasteiger partial charge < -0.3 is 9.72 Å². The van der Waals surface area contributed by atoms with Crippen molar-refractivity contribution in [1.82, 2.24) is 29.9 Å². The second kappa shape index (κ2) is 5.38. The van der Waals surface area contributed by atoms with Crippen LogP contribution in [0.1, 0.15) is 40.9 Å². The Hall–Kier alpha value is -2.90. The quantitative estimate of drug-likeness (QED) is 0.641. The van der Waals surface area contributed by atoms with Crippen molar-refractivity contribution in [2.75, 3.05) is 6.54 Å². The summed E-state index contributed by atoms with van der Waals surface area (Å²) < 4.78 is 2.00. The number of carbonyl (C=O) groups excluding carboxylic acids is 1. The minimum absolute atomic E-state index is 0.210. The molecule has 0 radical (unpaired) electrons. The molecule has 118 valence electrons. The van der Waals surface area contributed by atoms with Gasteiger partial charge in [0.1, 0.15) is 11.6 Å². The van der Waals surface area contributed by atoms with E-state index in [9.17, 15) is 9.59 Å². The zero-order valence-corrected chi connectivity index (χ0v) is 12.4. The number of H-pyrrole nitrogens is 2. The van der Waals surface area contributed by atoms with Gasteiger partial charge in [-0.1, -0.05) is 6.07 Å². The lowest BCUT2D eigenvalue weighted by molar-refractivity contribution is 0.0951. The standard InChI is InChI=1S/C15H16N6O2/c22-14(16-7-6-11-17-15(23)20-19-11)12-10-3-1-2-8-21(10)13(18-12)9-4-5-9/h1-3,8-9H,4-7H2,(H,16,22)(H2,17,19,20,23). The molecule has 1 aliphatic rings. The Bertz CT molecular complexity index is 917. The van der Waals surface area contributed by atoms with Crippen LogP contribution in [0.25, 0.3) is 5.52 Å². The van der Waals surface area contributed by atoms with E-state index in [4.69, 9.17) is 0 Å². The Morgan fingerprint density at radius 3 is 3.00 bits per heavy atom. The Morgan fingerprint density at radius 2 is 2.26 bits per heavy atom. The van der Waals surface area contributed by atoms with Crippen molar-refractivity contribution in [3.05, 3.63) is 52.2 Å². The van der Waals surface area contributed by atoms with Crippen LogP contribution in [0.2, 0.25) is 0 Å². The van der Waals surface area contributed by atoms with E-state index in [1.165, 1.54) is 0 Å². The molecule has 23 heavy (non-hydrogen) atoms. The Kier molecular flexibility index (Phi) is 3.22. The van der Waals surface area contributed by atoms with Crippen molar-refractivity contribution in [2.24, 2.45) is 0 Å². The number of amides is 1. The van der Waals surface area contributed by atoms with Gasteiger partial charge in [-0.25, -0.2) is 14.9 Å². The summed E-state index contributed by atoms with van der Waals surface area (Å²) in [5.41, 5.74) is 0.920. The molecule has 3 aromatic heterocycles. The van der Waals surface area contributed by atoms with Crippen LogP contribution in [0, 0.1) is 0 Å². The van der Waals surface area contributed by atoms with Crippen LogP contribution in [0.3, 0.4) is 0 Å². The van der Waals surface area contributed by atoms with Gasteiger partial charge in [-0.2, -0.15) is 5.10 Å². The molecule has 8 heteroatoms. The molecule has 3 heterocycles. The number of aromatic nitrogens is 5. The van der Waals surface area contributed by atoms with Gasteiger partial charge in [0.25, 0.3) is 5.91 Å². The lowest BCUT2D eigenvalue weighted by Gasteiger charge is -2.01. The molecule has 0 aromatic carbocycles. The van der Waals surface area contributed by atoms with Gasteiger partial charge in [0.15, 0.2) is 5.69 Å². The highest BCUT2D eigenvalue weighted by molar-refractivity contribution is 5.99.